The molecule has 1 fully saturated rings. The zero-order valence-corrected chi connectivity index (χ0v) is 15.3. The van der Waals surface area contributed by atoms with Gasteiger partial charge in [0.2, 0.25) is 0 Å². The van der Waals surface area contributed by atoms with Gasteiger partial charge in [-0.05, 0) is 60.5 Å². The molecule has 1 aliphatic heterocycles. The summed E-state index contributed by atoms with van der Waals surface area (Å²) in [7, 11) is 3.27. The Morgan fingerprint density at radius 1 is 1.00 bits per heavy atom. The molecule has 2 aromatic carbocycles. The summed E-state index contributed by atoms with van der Waals surface area (Å²) < 4.78 is 16.3. The predicted octanol–water partition coefficient (Wildman–Crippen LogP) is 4.55. The normalized spacial score (nSPS) is 15.9. The van der Waals surface area contributed by atoms with E-state index in [1.54, 1.807) is 20.3 Å². The third kappa shape index (κ3) is 3.28. The molecule has 0 N–H and O–H groups in total. The van der Waals surface area contributed by atoms with Crippen molar-refractivity contribution in [3.05, 3.63) is 72.0 Å². The molecule has 0 bridgehead atoms. The van der Waals surface area contributed by atoms with E-state index in [1.165, 1.54) is 0 Å². The van der Waals surface area contributed by atoms with Crippen LogP contribution in [0, 0.1) is 0 Å². The van der Waals surface area contributed by atoms with E-state index >= 15 is 0 Å². The number of hydrogen-bond donors (Lipinski definition) is 0. The lowest BCUT2D eigenvalue weighted by Gasteiger charge is -2.40. The standard InChI is InChI=1S/C22H21NO4/c1-25-17-8-6-15(7-9-17)20-10-11-21(27-20)22(24)23-13-12-19(23)16-4-3-5-18(14-16)26-2/h3-11,14,19H,12-13H2,1-2H3/t19-/m0/s1. The minimum absolute atomic E-state index is 0.0575. The Morgan fingerprint density at radius 3 is 2.44 bits per heavy atom. The highest BCUT2D eigenvalue weighted by molar-refractivity contribution is 5.93. The second-order valence-electron chi connectivity index (χ2n) is 6.47. The first-order valence-electron chi connectivity index (χ1n) is 8.89. The molecule has 0 saturated carbocycles. The van der Waals surface area contributed by atoms with Gasteiger partial charge in [-0.2, -0.15) is 0 Å². The molecule has 138 valence electrons. The van der Waals surface area contributed by atoms with Crippen LogP contribution in [0.25, 0.3) is 11.3 Å². The fourth-order valence-corrected chi connectivity index (χ4v) is 3.33. The van der Waals surface area contributed by atoms with Crippen molar-refractivity contribution in [1.82, 2.24) is 4.90 Å². The number of methoxy groups -OCH3 is 2. The molecule has 0 radical (unpaired) electrons. The van der Waals surface area contributed by atoms with Gasteiger partial charge in [-0.3, -0.25) is 4.79 Å². The van der Waals surface area contributed by atoms with Gasteiger partial charge in [-0.15, -0.1) is 0 Å². The van der Waals surface area contributed by atoms with E-state index < -0.39 is 0 Å². The fourth-order valence-electron chi connectivity index (χ4n) is 3.33. The summed E-state index contributed by atoms with van der Waals surface area (Å²) in [5.41, 5.74) is 1.98. The van der Waals surface area contributed by atoms with Gasteiger partial charge in [-0.1, -0.05) is 12.1 Å². The van der Waals surface area contributed by atoms with Gasteiger partial charge in [0.05, 0.1) is 20.3 Å². The smallest absolute Gasteiger partial charge is 0.290 e. The Labute approximate surface area is 158 Å². The summed E-state index contributed by atoms with van der Waals surface area (Å²) in [6, 6.07) is 19.0. The highest BCUT2D eigenvalue weighted by Gasteiger charge is 2.35. The van der Waals surface area contributed by atoms with Crippen LogP contribution in [0.3, 0.4) is 0 Å². The molecular formula is C22H21NO4. The number of ether oxygens (including phenoxy) is 2. The number of carbonyl (C=O) groups is 1. The number of amides is 1. The van der Waals surface area contributed by atoms with Crippen molar-refractivity contribution in [3.63, 3.8) is 0 Å². The van der Waals surface area contributed by atoms with Crippen molar-refractivity contribution >= 4 is 5.91 Å². The average Bonchev–Trinajstić information content (AvgIpc) is 3.17. The minimum Gasteiger partial charge on any atom is -0.497 e. The molecule has 1 atom stereocenters. The van der Waals surface area contributed by atoms with E-state index in [-0.39, 0.29) is 11.9 Å². The van der Waals surface area contributed by atoms with Crippen LogP contribution >= 0.6 is 0 Å². The van der Waals surface area contributed by atoms with Crippen LogP contribution < -0.4 is 9.47 Å². The minimum atomic E-state index is -0.0890. The zero-order valence-electron chi connectivity index (χ0n) is 15.3. The Hall–Kier alpha value is -3.21. The van der Waals surface area contributed by atoms with Gasteiger partial charge >= 0.3 is 0 Å². The predicted molar refractivity (Wildman–Crippen MR) is 102 cm³/mol. The average molecular weight is 363 g/mol. The highest BCUT2D eigenvalue weighted by Crippen LogP contribution is 2.36. The third-order valence-corrected chi connectivity index (χ3v) is 4.95. The number of rotatable bonds is 5. The second-order valence-corrected chi connectivity index (χ2v) is 6.47. The number of nitrogens with zero attached hydrogens (tertiary/aromatic N) is 1. The van der Waals surface area contributed by atoms with E-state index in [4.69, 9.17) is 13.9 Å². The SMILES string of the molecule is COc1ccc(-c2ccc(C(=O)N3CC[C@H]3c3cccc(OC)c3)o2)cc1. The Kier molecular flexibility index (Phi) is 4.59. The summed E-state index contributed by atoms with van der Waals surface area (Å²) >= 11 is 0. The van der Waals surface area contributed by atoms with E-state index in [0.29, 0.717) is 11.5 Å². The third-order valence-electron chi connectivity index (χ3n) is 4.95. The molecular weight excluding hydrogens is 342 g/mol. The number of furan rings is 1. The lowest BCUT2D eigenvalue weighted by Crippen LogP contribution is -2.45. The van der Waals surface area contributed by atoms with Crippen molar-refractivity contribution in [2.24, 2.45) is 0 Å². The molecule has 27 heavy (non-hydrogen) atoms. The molecule has 5 heteroatoms. The van der Waals surface area contributed by atoms with Gasteiger partial charge in [0.15, 0.2) is 5.76 Å². The molecule has 1 aliphatic rings. The fraction of sp³-hybridized carbons (Fsp3) is 0.227. The molecule has 4 rings (SSSR count). The molecule has 0 aliphatic carbocycles. The molecule has 1 aromatic heterocycles. The maximum absolute atomic E-state index is 12.9. The van der Waals surface area contributed by atoms with Gasteiger partial charge in [0.1, 0.15) is 17.3 Å². The summed E-state index contributed by atoms with van der Waals surface area (Å²) in [6.07, 6.45) is 0.935. The van der Waals surface area contributed by atoms with E-state index in [0.717, 1.165) is 35.6 Å². The van der Waals surface area contributed by atoms with Gasteiger partial charge in [0, 0.05) is 12.1 Å². The van der Waals surface area contributed by atoms with Crippen LogP contribution in [-0.2, 0) is 0 Å². The molecule has 2 heterocycles. The van der Waals surface area contributed by atoms with Crippen LogP contribution in [0.15, 0.2) is 65.1 Å². The number of hydrogen-bond acceptors (Lipinski definition) is 4. The van der Waals surface area contributed by atoms with E-state index in [9.17, 15) is 4.79 Å². The Balaban J connectivity index is 1.52. The molecule has 0 spiro atoms. The van der Waals surface area contributed by atoms with Crippen molar-refractivity contribution in [1.29, 1.82) is 0 Å². The van der Waals surface area contributed by atoms with Crippen molar-refractivity contribution in [3.8, 4) is 22.8 Å². The van der Waals surface area contributed by atoms with Crippen LogP contribution in [0.5, 0.6) is 11.5 Å². The molecule has 1 saturated heterocycles. The first-order chi connectivity index (χ1) is 13.2. The van der Waals surface area contributed by atoms with Gasteiger partial charge in [0.25, 0.3) is 5.91 Å². The molecule has 5 nitrogen and oxygen atoms in total. The first kappa shape index (κ1) is 17.2. The van der Waals surface area contributed by atoms with Crippen molar-refractivity contribution in [2.45, 2.75) is 12.5 Å². The number of carbonyl (C=O) groups excluding carboxylic acids is 1. The summed E-state index contributed by atoms with van der Waals surface area (Å²) in [5.74, 6) is 2.51. The Bertz CT molecular complexity index is 945. The van der Waals surface area contributed by atoms with E-state index in [1.807, 2.05) is 59.5 Å². The topological polar surface area (TPSA) is 51.9 Å². The molecule has 3 aromatic rings. The summed E-state index contributed by atoms with van der Waals surface area (Å²) in [4.78, 5) is 14.7. The lowest BCUT2D eigenvalue weighted by molar-refractivity contribution is 0.0428. The van der Waals surface area contributed by atoms with Crippen LogP contribution in [0.4, 0.5) is 0 Å². The highest BCUT2D eigenvalue weighted by atomic mass is 16.5. The maximum atomic E-state index is 12.9. The zero-order chi connectivity index (χ0) is 18.8. The molecule has 1 amide bonds. The quantitative estimate of drug-likeness (QED) is 0.667. The first-order valence-corrected chi connectivity index (χ1v) is 8.89. The lowest BCUT2D eigenvalue weighted by atomic mass is 9.94. The summed E-state index contributed by atoms with van der Waals surface area (Å²) in [5, 5.41) is 0. The monoisotopic (exact) mass is 363 g/mol. The van der Waals surface area contributed by atoms with Crippen LogP contribution in [0.1, 0.15) is 28.6 Å². The maximum Gasteiger partial charge on any atom is 0.290 e. The number of likely N-dealkylation sites (tertiary alicyclic amines) is 1. The van der Waals surface area contributed by atoms with Crippen LogP contribution in [0.2, 0.25) is 0 Å². The van der Waals surface area contributed by atoms with Gasteiger partial charge in [-0.25, -0.2) is 0 Å². The van der Waals surface area contributed by atoms with Crippen molar-refractivity contribution in [2.75, 3.05) is 20.8 Å². The van der Waals surface area contributed by atoms with Crippen LogP contribution in [-0.4, -0.2) is 31.6 Å². The largest absolute Gasteiger partial charge is 0.497 e. The van der Waals surface area contributed by atoms with Gasteiger partial charge < -0.3 is 18.8 Å². The summed E-state index contributed by atoms with van der Waals surface area (Å²) in [6.45, 7) is 0.722. The second kappa shape index (κ2) is 7.19. The molecule has 0 unspecified atom stereocenters. The van der Waals surface area contributed by atoms with Crippen molar-refractivity contribution < 1.29 is 18.7 Å². The van der Waals surface area contributed by atoms with E-state index in [2.05, 4.69) is 0 Å². The number of benzene rings is 2. The Morgan fingerprint density at radius 2 is 1.78 bits per heavy atom.